The maximum Gasteiger partial charge on any atom is 0.410 e. The van der Waals surface area contributed by atoms with Gasteiger partial charge in [-0.2, -0.15) is 0 Å². The molecular weight excluding hydrogens is 1530 g/mol. The molecule has 0 spiro atoms. The number of piperazine rings is 3. The number of carbonyl (C=O) groups excluding carboxylic acids is 3. The maximum absolute atomic E-state index is 12.3. The number of para-hydroxylation sites is 3. The third kappa shape index (κ3) is 17.5. The fourth-order valence-corrected chi connectivity index (χ4v) is 14.6. The van der Waals surface area contributed by atoms with Gasteiger partial charge in [0.2, 0.25) is 34.0 Å². The van der Waals surface area contributed by atoms with Crippen molar-refractivity contribution in [2.24, 2.45) is 0 Å². The van der Waals surface area contributed by atoms with Crippen molar-refractivity contribution in [3.8, 4) is 0 Å². The van der Waals surface area contributed by atoms with E-state index in [2.05, 4.69) is 147 Å². The molecule has 0 saturated carbocycles. The van der Waals surface area contributed by atoms with Crippen LogP contribution < -0.4 is 86.6 Å². The molecule has 0 aliphatic carbocycles. The summed E-state index contributed by atoms with van der Waals surface area (Å²) in [5.74, 6) is 0. The molecule has 0 radical (unpaired) electrons. The molecule has 21 heteroatoms. The molecule has 0 unspecified atom stereocenters. The summed E-state index contributed by atoms with van der Waals surface area (Å²) in [6.07, 6.45) is -0.666. The normalized spacial score (nSPS) is 14.7. The van der Waals surface area contributed by atoms with Gasteiger partial charge < -0.3 is 116 Å². The van der Waals surface area contributed by atoms with E-state index in [1.165, 1.54) is 78.6 Å². The van der Waals surface area contributed by atoms with Gasteiger partial charge in [0, 0.05) is 132 Å². The SMILES string of the molecule is Cc1cccc2[s+]c3cc(N4CCN(C(=O)OC(C)(C)C)CC4)cc(C)c3nc12.Cc1cccc2[s+]c3cc(N4CCN(C(=O)OC(C)(C)C)CC4)cc(C)c3nc12.Cc1cccc2[s+]c3cc(N4CCN(C(=O)OC(C)(C)C)CC4)cc(C)c3nc12.[I-].[I-].[I-]. The topological polar surface area (TPSA) is 137 Å². The van der Waals surface area contributed by atoms with Crippen LogP contribution in [0.1, 0.15) is 95.7 Å². The first-order chi connectivity index (χ1) is 41.1. The standard InChI is InChI=1S/3C23H28N3O2S.3HI/c3*1-15-7-6-8-18-20(15)24-21-16(2)13-17(14-19(21)29-18)25-9-11-26(12-10-25)22(27)28-23(3,4)5;;;/h3*6-8,13-14H,9-12H2,1-5H3;3*1H/q3*+1;;;/p-3. The molecule has 3 amide bonds. The molecule has 3 aliphatic rings. The summed E-state index contributed by atoms with van der Waals surface area (Å²) < 4.78 is 23.8. The van der Waals surface area contributed by atoms with Crippen molar-refractivity contribution < 1.29 is 101 Å². The van der Waals surface area contributed by atoms with Crippen molar-refractivity contribution in [2.75, 3.05) is 93.2 Å². The molecule has 12 rings (SSSR count). The van der Waals surface area contributed by atoms with Crippen LogP contribution in [0.4, 0.5) is 31.4 Å². The van der Waals surface area contributed by atoms with Gasteiger partial charge in [-0.15, -0.1) is 0 Å². The van der Waals surface area contributed by atoms with Gasteiger partial charge in [-0.1, -0.05) is 36.4 Å². The molecule has 9 aromatic rings. The average Bonchev–Trinajstić information content (AvgIpc) is 0.811. The number of hydrogen-bond donors (Lipinski definition) is 0. The van der Waals surface area contributed by atoms with E-state index in [0.29, 0.717) is 39.3 Å². The lowest BCUT2D eigenvalue weighted by molar-refractivity contribution is -0.00100. The van der Waals surface area contributed by atoms with Crippen LogP contribution in [0.3, 0.4) is 0 Å². The molecule has 3 fully saturated rings. The lowest BCUT2D eigenvalue weighted by Crippen LogP contribution is -3.00. The van der Waals surface area contributed by atoms with Gasteiger partial charge in [0.1, 0.15) is 49.9 Å². The number of halogens is 3. The predicted molar refractivity (Wildman–Crippen MR) is 363 cm³/mol. The lowest BCUT2D eigenvalue weighted by atomic mass is 10.1. The number of benzene rings is 6. The van der Waals surface area contributed by atoms with E-state index in [1.807, 2.05) is 62.3 Å². The Labute approximate surface area is 593 Å². The smallest absolute Gasteiger partial charge is 0.410 e. The third-order valence-electron chi connectivity index (χ3n) is 15.6. The second kappa shape index (κ2) is 29.8. The van der Waals surface area contributed by atoms with Gasteiger partial charge in [-0.25, -0.2) is 29.3 Å². The highest BCUT2D eigenvalue weighted by atomic mass is 127. The Hall–Kier alpha value is -5.22. The van der Waals surface area contributed by atoms with Gasteiger partial charge in [0.15, 0.2) is 0 Å². The number of hydrogen-bond acceptors (Lipinski definition) is 12. The molecule has 15 nitrogen and oxygen atoms in total. The number of rotatable bonds is 3. The van der Waals surface area contributed by atoms with Gasteiger partial charge in [-0.3, -0.25) is 0 Å². The molecule has 3 aliphatic heterocycles. The molecule has 0 atom stereocenters. The van der Waals surface area contributed by atoms with Crippen LogP contribution in [-0.2, 0) is 14.2 Å². The number of aromatic nitrogens is 3. The Bertz CT molecular complexity index is 3680. The number of fused-ring (bicyclic) bond motifs is 6. The fourth-order valence-electron chi connectivity index (χ4n) is 11.1. The summed E-state index contributed by atoms with van der Waals surface area (Å²) in [7, 11) is 0. The number of carbonyl (C=O) groups is 3. The maximum atomic E-state index is 12.3. The Kier molecular flexibility index (Phi) is 23.9. The van der Waals surface area contributed by atoms with Crippen molar-refractivity contribution in [1.82, 2.24) is 29.7 Å². The molecule has 3 aromatic heterocycles. The summed E-state index contributed by atoms with van der Waals surface area (Å²) in [5.41, 5.74) is 15.9. The lowest BCUT2D eigenvalue weighted by Gasteiger charge is -2.36. The highest BCUT2D eigenvalue weighted by molar-refractivity contribution is 7.25. The highest BCUT2D eigenvalue weighted by Gasteiger charge is 2.31. The highest BCUT2D eigenvalue weighted by Crippen LogP contribution is 2.37. The number of aryl methyl sites for hydroxylation is 6. The molecule has 90 heavy (non-hydrogen) atoms. The molecule has 0 bridgehead atoms. The predicted octanol–water partition coefficient (Wildman–Crippen LogP) is 7.23. The zero-order chi connectivity index (χ0) is 62.3. The van der Waals surface area contributed by atoms with Gasteiger partial charge in [-0.05, 0) is 155 Å². The quantitative estimate of drug-likeness (QED) is 0.0765. The second-order valence-corrected chi connectivity index (χ2v) is 29.3. The zero-order valence-corrected chi connectivity index (χ0v) is 63.4. The van der Waals surface area contributed by atoms with Crippen LogP contribution in [-0.4, -0.2) is 143 Å². The summed E-state index contributed by atoms with van der Waals surface area (Å²) in [5, 5.41) is 0. The number of anilines is 3. The van der Waals surface area contributed by atoms with E-state index in [9.17, 15) is 14.4 Å². The van der Waals surface area contributed by atoms with E-state index < -0.39 is 16.8 Å². The Balaban J connectivity index is 0.000000189. The van der Waals surface area contributed by atoms with Crippen LogP contribution in [0.5, 0.6) is 0 Å². The monoisotopic (exact) mass is 1610 g/mol. The molecule has 6 aromatic carbocycles. The first-order valence-electron chi connectivity index (χ1n) is 30.2. The molecular formula is C69H84I3N9O6S3. The minimum absolute atomic E-state index is 0. The Morgan fingerprint density at radius 1 is 0.333 bits per heavy atom. The van der Waals surface area contributed by atoms with Crippen LogP contribution in [0.25, 0.3) is 61.3 Å². The van der Waals surface area contributed by atoms with Crippen LogP contribution in [0, 0.1) is 41.5 Å². The van der Waals surface area contributed by atoms with Crippen molar-refractivity contribution >= 4 is 131 Å². The first-order valence-corrected chi connectivity index (χ1v) is 32.7. The summed E-state index contributed by atoms with van der Waals surface area (Å²) in [6, 6.07) is 32.4. The summed E-state index contributed by atoms with van der Waals surface area (Å²) in [4.78, 5) is 64.3. The van der Waals surface area contributed by atoms with Gasteiger partial charge in [0.05, 0.1) is 0 Å². The number of nitrogens with zero attached hydrogens (tertiary/aromatic N) is 9. The van der Waals surface area contributed by atoms with Crippen molar-refractivity contribution in [3.05, 3.63) is 124 Å². The van der Waals surface area contributed by atoms with E-state index in [4.69, 9.17) is 29.2 Å². The number of amides is 3. The fraction of sp³-hybridized carbons (Fsp3) is 0.435. The van der Waals surface area contributed by atoms with Gasteiger partial charge in [0.25, 0.3) is 28.2 Å². The van der Waals surface area contributed by atoms with Crippen molar-refractivity contribution in [2.45, 2.75) is 121 Å². The van der Waals surface area contributed by atoms with Crippen LogP contribution >= 0.6 is 34.0 Å². The molecule has 3 saturated heterocycles. The first kappa shape index (κ1) is 72.2. The van der Waals surface area contributed by atoms with Crippen LogP contribution in [0.15, 0.2) is 91.0 Å². The van der Waals surface area contributed by atoms with E-state index >= 15 is 0 Å². The largest absolute Gasteiger partial charge is 1.00 e. The molecule has 6 heterocycles. The zero-order valence-electron chi connectivity index (χ0n) is 54.5. The van der Waals surface area contributed by atoms with Gasteiger partial charge >= 0.3 is 18.3 Å². The van der Waals surface area contributed by atoms with Crippen molar-refractivity contribution in [3.63, 3.8) is 0 Å². The van der Waals surface area contributed by atoms with Crippen molar-refractivity contribution in [1.29, 1.82) is 0 Å². The molecule has 480 valence electrons. The van der Waals surface area contributed by atoms with Crippen LogP contribution in [0.2, 0.25) is 0 Å². The molecule has 0 N–H and O–H groups in total. The van der Waals surface area contributed by atoms with E-state index in [0.717, 1.165) is 72.4 Å². The third-order valence-corrected chi connectivity index (χ3v) is 18.8. The van der Waals surface area contributed by atoms with E-state index in [1.54, 1.807) is 48.7 Å². The second-order valence-electron chi connectivity index (χ2n) is 26.1. The Morgan fingerprint density at radius 3 is 0.778 bits per heavy atom. The average molecular weight is 1610 g/mol. The summed E-state index contributed by atoms with van der Waals surface area (Å²) in [6.45, 7) is 38.7. The minimum Gasteiger partial charge on any atom is -1.00 e. The Morgan fingerprint density at radius 2 is 0.556 bits per heavy atom. The number of ether oxygens (including phenoxy) is 3. The van der Waals surface area contributed by atoms with E-state index in [-0.39, 0.29) is 90.2 Å². The summed E-state index contributed by atoms with van der Waals surface area (Å²) >= 11 is 5.39. The minimum atomic E-state index is -0.459.